The Bertz CT molecular complexity index is 1530. The highest BCUT2D eigenvalue weighted by Crippen LogP contribution is 2.48. The van der Waals surface area contributed by atoms with E-state index in [0.29, 0.717) is 49.4 Å². The molecule has 0 radical (unpaired) electrons. The van der Waals surface area contributed by atoms with Gasteiger partial charge >= 0.3 is 0 Å². The summed E-state index contributed by atoms with van der Waals surface area (Å²) in [6.45, 7) is 1.95. The Kier molecular flexibility index (Phi) is 6.03. The highest BCUT2D eigenvalue weighted by molar-refractivity contribution is 7.88. The van der Waals surface area contributed by atoms with Crippen LogP contribution in [-0.2, 0) is 15.4 Å². The molecule has 1 saturated heterocycles. The molecule has 0 bridgehead atoms. The van der Waals surface area contributed by atoms with Crippen LogP contribution in [0.4, 0.5) is 11.8 Å². The monoisotopic (exact) mass is 533 g/mol. The zero-order valence-electron chi connectivity index (χ0n) is 20.9. The van der Waals surface area contributed by atoms with Gasteiger partial charge in [0.05, 0.1) is 24.1 Å². The minimum Gasteiger partial charge on any atom is -0.368 e. The second-order valence-corrected chi connectivity index (χ2v) is 11.7. The summed E-state index contributed by atoms with van der Waals surface area (Å²) in [5.41, 5.74) is 8.83. The van der Waals surface area contributed by atoms with E-state index in [1.807, 2.05) is 17.0 Å². The van der Waals surface area contributed by atoms with Crippen LogP contribution in [0.2, 0.25) is 0 Å². The van der Waals surface area contributed by atoms with Gasteiger partial charge in [0.2, 0.25) is 16.0 Å². The topological polar surface area (TPSA) is 157 Å². The third kappa shape index (κ3) is 4.47. The summed E-state index contributed by atoms with van der Waals surface area (Å²) in [6, 6.07) is 8.29. The molecule has 2 aliphatic rings. The second-order valence-electron chi connectivity index (χ2n) is 9.68. The summed E-state index contributed by atoms with van der Waals surface area (Å²) in [4.78, 5) is 23.9. The van der Waals surface area contributed by atoms with Crippen LogP contribution in [0.3, 0.4) is 0 Å². The number of nitrogens with zero attached hydrogens (tertiary/aromatic N) is 8. The summed E-state index contributed by atoms with van der Waals surface area (Å²) in [6.07, 6.45) is 10.9. The van der Waals surface area contributed by atoms with Crippen molar-refractivity contribution in [3.05, 3.63) is 60.4 Å². The first-order valence-corrected chi connectivity index (χ1v) is 14.2. The average Bonchev–Trinajstić information content (AvgIpc) is 3.39. The average molecular weight is 534 g/mol. The molecule has 12 nitrogen and oxygen atoms in total. The highest BCUT2D eigenvalue weighted by Gasteiger charge is 2.44. The molecule has 1 aromatic carbocycles. The van der Waals surface area contributed by atoms with Gasteiger partial charge in [0.25, 0.3) is 5.89 Å². The Morgan fingerprint density at radius 1 is 0.895 bits per heavy atom. The van der Waals surface area contributed by atoms with E-state index in [9.17, 15) is 8.42 Å². The van der Waals surface area contributed by atoms with Gasteiger partial charge < -0.3 is 15.2 Å². The molecule has 2 N–H and O–H groups in total. The lowest BCUT2D eigenvalue weighted by atomic mass is 9.64. The number of nitrogen functional groups attached to an aromatic ring is 1. The maximum Gasteiger partial charge on any atom is 0.278 e. The van der Waals surface area contributed by atoms with Gasteiger partial charge in [-0.1, -0.05) is 35.8 Å². The SMILES string of the molecule is CS(=O)(=O)N1CCN(c2cnc(-c3nc(C4(c5ccc(-c6cnc(N)nc6)cc5)CCC4)no3)cn2)CC1. The Morgan fingerprint density at radius 3 is 2.18 bits per heavy atom. The van der Waals surface area contributed by atoms with Crippen LogP contribution in [-0.4, -0.2) is 75.2 Å². The Morgan fingerprint density at radius 2 is 1.61 bits per heavy atom. The zero-order chi connectivity index (χ0) is 26.3. The zero-order valence-corrected chi connectivity index (χ0v) is 21.7. The van der Waals surface area contributed by atoms with Crippen molar-refractivity contribution in [3.8, 4) is 22.7 Å². The number of aromatic nitrogens is 6. The van der Waals surface area contributed by atoms with Gasteiger partial charge in [-0.15, -0.1) is 0 Å². The molecule has 1 aliphatic carbocycles. The number of hydrogen-bond donors (Lipinski definition) is 1. The fraction of sp³-hybridized carbons (Fsp3) is 0.360. The van der Waals surface area contributed by atoms with Crippen molar-refractivity contribution >= 4 is 21.8 Å². The number of anilines is 2. The largest absolute Gasteiger partial charge is 0.368 e. The predicted octanol–water partition coefficient (Wildman–Crippen LogP) is 2.12. The van der Waals surface area contributed by atoms with E-state index in [1.54, 1.807) is 24.8 Å². The standard InChI is InChI=1S/C25H27N9O3S/c1-38(35,36)34-11-9-33(10-12-34)21-16-27-20(15-28-21)22-31-23(32-37-22)25(7-2-8-25)19-5-3-17(4-6-19)18-13-29-24(26)30-14-18/h3-6,13-16H,2,7-12H2,1H3,(H2,26,29,30). The lowest BCUT2D eigenvalue weighted by Gasteiger charge is -2.39. The molecule has 1 aliphatic heterocycles. The lowest BCUT2D eigenvalue weighted by molar-refractivity contribution is 0.273. The molecule has 0 amide bonds. The van der Waals surface area contributed by atoms with E-state index < -0.39 is 10.0 Å². The molecule has 3 aromatic heterocycles. The van der Waals surface area contributed by atoms with Gasteiger partial charge in [0, 0.05) is 44.1 Å². The molecule has 6 rings (SSSR count). The molecule has 196 valence electrons. The second kappa shape index (κ2) is 9.40. The first kappa shape index (κ1) is 24.4. The highest BCUT2D eigenvalue weighted by atomic mass is 32.2. The van der Waals surface area contributed by atoms with Crippen molar-refractivity contribution < 1.29 is 12.9 Å². The molecule has 2 fully saturated rings. The molecule has 4 heterocycles. The van der Waals surface area contributed by atoms with E-state index in [0.717, 1.165) is 36.0 Å². The number of benzene rings is 1. The summed E-state index contributed by atoms with van der Waals surface area (Å²) in [5, 5.41) is 4.34. The molecule has 4 aromatic rings. The third-order valence-corrected chi connectivity index (χ3v) is 8.70. The summed E-state index contributed by atoms with van der Waals surface area (Å²) < 4.78 is 30.6. The lowest BCUT2D eigenvalue weighted by Crippen LogP contribution is -2.48. The van der Waals surface area contributed by atoms with E-state index in [2.05, 4.69) is 37.2 Å². The number of rotatable bonds is 6. The van der Waals surface area contributed by atoms with E-state index in [1.165, 1.54) is 10.6 Å². The maximum absolute atomic E-state index is 11.8. The van der Waals surface area contributed by atoms with Crippen LogP contribution in [0.5, 0.6) is 0 Å². The van der Waals surface area contributed by atoms with Gasteiger partial charge in [-0.05, 0) is 24.0 Å². The molecule has 0 unspecified atom stereocenters. The van der Waals surface area contributed by atoms with Crippen LogP contribution in [0.25, 0.3) is 22.7 Å². The van der Waals surface area contributed by atoms with Crippen molar-refractivity contribution in [2.45, 2.75) is 24.7 Å². The Hall–Kier alpha value is -3.97. The van der Waals surface area contributed by atoms with Crippen molar-refractivity contribution in [2.75, 3.05) is 43.1 Å². The fourth-order valence-corrected chi connectivity index (χ4v) is 5.83. The van der Waals surface area contributed by atoms with Crippen LogP contribution in [0, 0.1) is 0 Å². The third-order valence-electron chi connectivity index (χ3n) is 7.39. The van der Waals surface area contributed by atoms with E-state index in [-0.39, 0.29) is 11.4 Å². The van der Waals surface area contributed by atoms with Gasteiger partial charge in [-0.3, -0.25) is 0 Å². The van der Waals surface area contributed by atoms with E-state index >= 15 is 0 Å². The minimum absolute atomic E-state index is 0.249. The molecule has 38 heavy (non-hydrogen) atoms. The van der Waals surface area contributed by atoms with Crippen molar-refractivity contribution in [3.63, 3.8) is 0 Å². The van der Waals surface area contributed by atoms with Crippen molar-refractivity contribution in [1.82, 2.24) is 34.4 Å². The fourth-order valence-electron chi connectivity index (χ4n) is 5.01. The number of sulfonamides is 1. The van der Waals surface area contributed by atoms with Crippen LogP contribution in [0.1, 0.15) is 30.7 Å². The predicted molar refractivity (Wildman–Crippen MR) is 140 cm³/mol. The summed E-state index contributed by atoms with van der Waals surface area (Å²) in [5.74, 6) is 1.90. The van der Waals surface area contributed by atoms with Crippen LogP contribution < -0.4 is 10.6 Å². The Balaban J connectivity index is 1.18. The van der Waals surface area contributed by atoms with Gasteiger partial charge in [-0.25, -0.2) is 28.4 Å². The Labute approximate surface area is 220 Å². The molecule has 13 heteroatoms. The molecular weight excluding hydrogens is 506 g/mol. The van der Waals surface area contributed by atoms with Crippen LogP contribution >= 0.6 is 0 Å². The van der Waals surface area contributed by atoms with Gasteiger partial charge in [0.15, 0.2) is 5.82 Å². The van der Waals surface area contributed by atoms with Crippen LogP contribution in [0.15, 0.2) is 53.6 Å². The molecule has 1 saturated carbocycles. The smallest absolute Gasteiger partial charge is 0.278 e. The first-order chi connectivity index (χ1) is 18.3. The molecular formula is C25H27N9O3S. The van der Waals surface area contributed by atoms with E-state index in [4.69, 9.17) is 15.2 Å². The molecule has 0 spiro atoms. The van der Waals surface area contributed by atoms with Crippen molar-refractivity contribution in [1.29, 1.82) is 0 Å². The first-order valence-electron chi connectivity index (χ1n) is 12.4. The number of hydrogen-bond acceptors (Lipinski definition) is 11. The quantitative estimate of drug-likeness (QED) is 0.387. The molecule has 0 atom stereocenters. The van der Waals surface area contributed by atoms with Gasteiger partial charge in [-0.2, -0.15) is 9.29 Å². The summed E-state index contributed by atoms with van der Waals surface area (Å²) in [7, 11) is -3.18. The van der Waals surface area contributed by atoms with Crippen molar-refractivity contribution in [2.24, 2.45) is 0 Å². The minimum atomic E-state index is -3.18. The summed E-state index contributed by atoms with van der Waals surface area (Å²) >= 11 is 0. The number of piperazine rings is 1. The maximum atomic E-state index is 11.8. The number of nitrogens with two attached hydrogens (primary N) is 1. The van der Waals surface area contributed by atoms with Gasteiger partial charge in [0.1, 0.15) is 11.5 Å². The normalized spacial score (nSPS) is 17.8.